The molecule has 3 N–H and O–H groups in total. The molecule has 0 saturated heterocycles. The van der Waals surface area contributed by atoms with Crippen molar-refractivity contribution in [1.82, 2.24) is 10.1 Å². The van der Waals surface area contributed by atoms with E-state index in [-0.39, 0.29) is 19.2 Å². The van der Waals surface area contributed by atoms with Gasteiger partial charge in [-0.1, -0.05) is 18.2 Å². The summed E-state index contributed by atoms with van der Waals surface area (Å²) in [7, 11) is 0. The minimum atomic E-state index is -0.490. The summed E-state index contributed by atoms with van der Waals surface area (Å²) in [4.78, 5) is 4.11. The average Bonchev–Trinajstić information content (AvgIpc) is 2.85. The molecule has 0 saturated carbocycles. The molecule has 0 aliphatic carbocycles. The average molecular weight is 235 g/mol. The molecule has 0 aliphatic rings. The van der Waals surface area contributed by atoms with Gasteiger partial charge in [0.2, 0.25) is 0 Å². The molecule has 0 amide bonds. The van der Waals surface area contributed by atoms with Gasteiger partial charge in [-0.2, -0.15) is 4.98 Å². The monoisotopic (exact) mass is 235 g/mol. The third-order valence-electron chi connectivity index (χ3n) is 2.22. The first-order chi connectivity index (χ1) is 8.33. The van der Waals surface area contributed by atoms with Crippen LogP contribution in [0.15, 0.2) is 34.9 Å². The van der Waals surface area contributed by atoms with Crippen LogP contribution < -0.4 is 5.32 Å². The van der Waals surface area contributed by atoms with Crippen LogP contribution in [0.3, 0.4) is 0 Å². The van der Waals surface area contributed by atoms with Crippen LogP contribution in [-0.4, -0.2) is 39.6 Å². The lowest BCUT2D eigenvalue weighted by molar-refractivity contribution is 0.203. The van der Waals surface area contributed by atoms with Gasteiger partial charge in [0, 0.05) is 5.56 Å². The van der Waals surface area contributed by atoms with E-state index in [1.54, 1.807) is 0 Å². The van der Waals surface area contributed by atoms with E-state index >= 15 is 0 Å². The van der Waals surface area contributed by atoms with Crippen LogP contribution in [0.25, 0.3) is 11.5 Å². The molecule has 0 atom stereocenters. The van der Waals surface area contributed by atoms with Gasteiger partial charge in [0.05, 0.1) is 19.3 Å². The zero-order valence-corrected chi connectivity index (χ0v) is 9.08. The number of aliphatic hydroxyl groups excluding tert-OH is 2. The molecule has 0 aliphatic heterocycles. The molecule has 1 heterocycles. The minimum Gasteiger partial charge on any atom is -0.394 e. The highest BCUT2D eigenvalue weighted by Crippen LogP contribution is 2.17. The van der Waals surface area contributed by atoms with Gasteiger partial charge in [-0.3, -0.25) is 0 Å². The molecule has 0 spiro atoms. The number of benzene rings is 1. The number of aliphatic hydroxyl groups is 2. The molecule has 2 aromatic rings. The minimum absolute atomic E-state index is 0.203. The highest BCUT2D eigenvalue weighted by Gasteiger charge is 2.11. The molecular formula is C11H13N3O3. The summed E-state index contributed by atoms with van der Waals surface area (Å²) in [6.45, 7) is -0.405. The third kappa shape index (κ3) is 2.80. The van der Waals surface area contributed by atoms with Gasteiger partial charge in [0.1, 0.15) is 0 Å². The van der Waals surface area contributed by atoms with Crippen molar-refractivity contribution in [1.29, 1.82) is 0 Å². The number of nitrogens with one attached hydrogen (secondary N) is 1. The van der Waals surface area contributed by atoms with Crippen LogP contribution in [0.1, 0.15) is 0 Å². The first kappa shape index (κ1) is 11.6. The van der Waals surface area contributed by atoms with Crippen molar-refractivity contribution >= 4 is 5.95 Å². The zero-order chi connectivity index (χ0) is 12.1. The SMILES string of the molecule is OCC(CO)Nc1noc(-c2ccccc2)n1. The van der Waals surface area contributed by atoms with Crippen molar-refractivity contribution < 1.29 is 14.7 Å². The van der Waals surface area contributed by atoms with E-state index in [2.05, 4.69) is 15.5 Å². The summed E-state index contributed by atoms with van der Waals surface area (Å²) in [5.74, 6) is 0.639. The molecule has 1 aromatic heterocycles. The standard InChI is InChI=1S/C11H13N3O3/c15-6-9(7-16)12-11-13-10(17-14-11)8-4-2-1-3-5-8/h1-5,9,15-16H,6-7H2,(H,12,14). The Morgan fingerprint density at radius 2 is 1.88 bits per heavy atom. The topological polar surface area (TPSA) is 91.4 Å². The maximum atomic E-state index is 8.90. The Bertz CT molecular complexity index is 454. The lowest BCUT2D eigenvalue weighted by atomic mass is 10.2. The number of aromatic nitrogens is 2. The molecule has 0 unspecified atom stereocenters. The van der Waals surface area contributed by atoms with Crippen LogP contribution in [0.2, 0.25) is 0 Å². The molecule has 6 heteroatoms. The van der Waals surface area contributed by atoms with Crippen molar-refractivity contribution in [3.63, 3.8) is 0 Å². The second kappa shape index (κ2) is 5.42. The van der Waals surface area contributed by atoms with E-state index < -0.39 is 6.04 Å². The van der Waals surface area contributed by atoms with Crippen molar-refractivity contribution in [2.24, 2.45) is 0 Å². The number of hydrogen-bond acceptors (Lipinski definition) is 6. The van der Waals surface area contributed by atoms with E-state index in [0.29, 0.717) is 5.89 Å². The fourth-order valence-electron chi connectivity index (χ4n) is 1.31. The molecule has 2 rings (SSSR count). The van der Waals surface area contributed by atoms with Crippen LogP contribution in [0.4, 0.5) is 5.95 Å². The van der Waals surface area contributed by atoms with Crippen LogP contribution in [0.5, 0.6) is 0 Å². The number of anilines is 1. The molecule has 0 radical (unpaired) electrons. The quantitative estimate of drug-likeness (QED) is 0.699. The Labute approximate surface area is 97.9 Å². The van der Waals surface area contributed by atoms with Gasteiger partial charge in [0.25, 0.3) is 11.8 Å². The molecule has 17 heavy (non-hydrogen) atoms. The number of rotatable bonds is 5. The number of nitrogens with zero attached hydrogens (tertiary/aromatic N) is 2. The first-order valence-corrected chi connectivity index (χ1v) is 5.21. The van der Waals surface area contributed by atoms with Crippen molar-refractivity contribution in [3.05, 3.63) is 30.3 Å². The Hall–Kier alpha value is -1.92. The highest BCUT2D eigenvalue weighted by atomic mass is 16.5. The maximum absolute atomic E-state index is 8.90. The van der Waals surface area contributed by atoms with E-state index in [0.717, 1.165) is 5.56 Å². The van der Waals surface area contributed by atoms with Crippen LogP contribution in [0, 0.1) is 0 Å². The van der Waals surface area contributed by atoms with Gasteiger partial charge < -0.3 is 20.1 Å². The lowest BCUT2D eigenvalue weighted by Crippen LogP contribution is -2.28. The molecule has 1 aromatic carbocycles. The molecule has 0 bridgehead atoms. The highest BCUT2D eigenvalue weighted by molar-refractivity contribution is 5.53. The van der Waals surface area contributed by atoms with Gasteiger partial charge in [-0.15, -0.1) is 0 Å². The Morgan fingerprint density at radius 1 is 1.18 bits per heavy atom. The second-order valence-electron chi connectivity index (χ2n) is 3.50. The van der Waals surface area contributed by atoms with E-state index in [9.17, 15) is 0 Å². The molecular weight excluding hydrogens is 222 g/mol. The molecule has 6 nitrogen and oxygen atoms in total. The summed E-state index contributed by atoms with van der Waals surface area (Å²) in [6, 6.07) is 8.86. The second-order valence-corrected chi connectivity index (χ2v) is 3.50. The third-order valence-corrected chi connectivity index (χ3v) is 2.22. The summed E-state index contributed by atoms with van der Waals surface area (Å²) in [5.41, 5.74) is 0.817. The van der Waals surface area contributed by atoms with Gasteiger partial charge in [-0.05, 0) is 17.3 Å². The summed E-state index contributed by atoms with van der Waals surface area (Å²) >= 11 is 0. The summed E-state index contributed by atoms with van der Waals surface area (Å²) < 4.78 is 5.05. The lowest BCUT2D eigenvalue weighted by Gasteiger charge is -2.09. The Kier molecular flexibility index (Phi) is 3.69. The molecule has 90 valence electrons. The van der Waals surface area contributed by atoms with Crippen LogP contribution in [-0.2, 0) is 0 Å². The first-order valence-electron chi connectivity index (χ1n) is 5.21. The van der Waals surface area contributed by atoms with Crippen molar-refractivity contribution in [3.8, 4) is 11.5 Å². The Morgan fingerprint density at radius 3 is 2.53 bits per heavy atom. The van der Waals surface area contributed by atoms with Crippen molar-refractivity contribution in [2.45, 2.75) is 6.04 Å². The largest absolute Gasteiger partial charge is 0.394 e. The van der Waals surface area contributed by atoms with Crippen LogP contribution >= 0.6 is 0 Å². The fourth-order valence-corrected chi connectivity index (χ4v) is 1.31. The van der Waals surface area contributed by atoms with Gasteiger partial charge in [-0.25, -0.2) is 0 Å². The predicted molar refractivity (Wildman–Crippen MR) is 61.3 cm³/mol. The predicted octanol–water partition coefficient (Wildman–Crippen LogP) is 0.502. The van der Waals surface area contributed by atoms with E-state index in [1.165, 1.54) is 0 Å². The molecule has 0 fully saturated rings. The zero-order valence-electron chi connectivity index (χ0n) is 9.08. The summed E-state index contributed by atoms with van der Waals surface area (Å²) in [5, 5.41) is 24.3. The van der Waals surface area contributed by atoms with Gasteiger partial charge in [0.15, 0.2) is 0 Å². The fraction of sp³-hybridized carbons (Fsp3) is 0.273. The van der Waals surface area contributed by atoms with E-state index in [1.807, 2.05) is 30.3 Å². The normalized spacial score (nSPS) is 10.8. The van der Waals surface area contributed by atoms with Crippen molar-refractivity contribution in [2.75, 3.05) is 18.5 Å². The smallest absolute Gasteiger partial charge is 0.264 e. The summed E-state index contributed by atoms with van der Waals surface area (Å²) in [6.07, 6.45) is 0. The maximum Gasteiger partial charge on any atom is 0.264 e. The Balaban J connectivity index is 2.11. The van der Waals surface area contributed by atoms with Gasteiger partial charge >= 0.3 is 0 Å². The number of hydrogen-bond donors (Lipinski definition) is 3. The van der Waals surface area contributed by atoms with E-state index in [4.69, 9.17) is 14.7 Å².